The first-order valence-corrected chi connectivity index (χ1v) is 13.6. The summed E-state index contributed by atoms with van der Waals surface area (Å²) >= 11 is 2.93. The van der Waals surface area contributed by atoms with Crippen LogP contribution < -0.4 is 10.6 Å². The van der Waals surface area contributed by atoms with Crippen molar-refractivity contribution in [2.75, 3.05) is 10.6 Å². The van der Waals surface area contributed by atoms with Gasteiger partial charge in [0.05, 0.1) is 10.2 Å². The van der Waals surface area contributed by atoms with Crippen molar-refractivity contribution in [3.63, 3.8) is 0 Å². The highest BCUT2D eigenvalue weighted by Gasteiger charge is 2.24. The normalized spacial score (nSPS) is 15.0. The number of nitrogens with one attached hydrogen (secondary N) is 2. The Balaban J connectivity index is 1.33. The van der Waals surface area contributed by atoms with Gasteiger partial charge in [-0.15, -0.1) is 11.8 Å². The van der Waals surface area contributed by atoms with Crippen LogP contribution in [0.2, 0.25) is 0 Å². The quantitative estimate of drug-likeness (QED) is 0.261. The van der Waals surface area contributed by atoms with Crippen LogP contribution in [0.4, 0.5) is 10.8 Å². The summed E-state index contributed by atoms with van der Waals surface area (Å²) in [7, 11) is 0. The number of benzene rings is 3. The molecule has 0 spiro atoms. The second-order valence-electron chi connectivity index (χ2n) is 8.74. The minimum absolute atomic E-state index is 0.0942. The molecule has 0 radical (unpaired) electrons. The molecule has 1 atom stereocenters. The molecule has 1 aliphatic rings. The van der Waals surface area contributed by atoms with Gasteiger partial charge in [-0.25, -0.2) is 4.98 Å². The molecule has 0 bridgehead atoms. The van der Waals surface area contributed by atoms with Crippen LogP contribution in [0, 0.1) is 5.92 Å². The number of aromatic nitrogens is 1. The van der Waals surface area contributed by atoms with Crippen LogP contribution >= 0.6 is 23.1 Å². The van der Waals surface area contributed by atoms with Crippen LogP contribution in [0.3, 0.4) is 0 Å². The predicted octanol–water partition coefficient (Wildman–Crippen LogP) is 7.29. The zero-order valence-electron chi connectivity index (χ0n) is 19.3. The number of thiazole rings is 1. The van der Waals surface area contributed by atoms with Crippen molar-refractivity contribution in [1.82, 2.24) is 4.98 Å². The molecule has 5 rings (SSSR count). The van der Waals surface area contributed by atoms with E-state index in [1.165, 1.54) is 29.5 Å². The highest BCUT2D eigenvalue weighted by molar-refractivity contribution is 8.00. The van der Waals surface area contributed by atoms with E-state index < -0.39 is 5.25 Å². The second kappa shape index (κ2) is 11.1. The van der Waals surface area contributed by atoms with E-state index in [0.717, 1.165) is 52.0 Å². The summed E-state index contributed by atoms with van der Waals surface area (Å²) in [6.07, 6.45) is 5.38. The highest BCUT2D eigenvalue weighted by atomic mass is 32.2. The average molecular weight is 502 g/mol. The Morgan fingerprint density at radius 3 is 2.46 bits per heavy atom. The third kappa shape index (κ3) is 5.92. The Morgan fingerprint density at radius 2 is 1.66 bits per heavy atom. The third-order valence-corrected chi connectivity index (χ3v) is 8.40. The molecule has 178 valence electrons. The standard InChI is InChI=1S/C28H27N3O2S2/c32-26(20-12-5-2-6-13-20)29-21-14-9-15-22(18-21)34-25(19-10-3-1-4-11-19)27(33)31-28-30-23-16-7-8-17-24(23)35-28/h1,3-4,7-11,14-18,20,25H,2,5-6,12-13H2,(H,29,32)(H,30,31,33). The molecule has 1 saturated carbocycles. The molecular formula is C28H27N3O2S2. The Kier molecular flexibility index (Phi) is 7.45. The number of rotatable bonds is 7. The molecule has 1 unspecified atom stereocenters. The molecule has 1 aromatic heterocycles. The van der Waals surface area contributed by atoms with E-state index in [0.29, 0.717) is 5.13 Å². The molecule has 5 nitrogen and oxygen atoms in total. The molecule has 35 heavy (non-hydrogen) atoms. The zero-order valence-corrected chi connectivity index (χ0v) is 20.9. The largest absolute Gasteiger partial charge is 0.326 e. The Bertz CT molecular complexity index is 1280. The summed E-state index contributed by atoms with van der Waals surface area (Å²) in [5.74, 6) is 0.0636. The van der Waals surface area contributed by atoms with E-state index in [1.54, 1.807) is 0 Å². The molecule has 3 aromatic carbocycles. The minimum atomic E-state index is -0.465. The van der Waals surface area contributed by atoms with Crippen molar-refractivity contribution >= 4 is 55.9 Å². The summed E-state index contributed by atoms with van der Waals surface area (Å²) in [4.78, 5) is 31.6. The van der Waals surface area contributed by atoms with E-state index >= 15 is 0 Å². The minimum Gasteiger partial charge on any atom is -0.326 e. The molecule has 0 saturated heterocycles. The molecule has 1 fully saturated rings. The SMILES string of the molecule is O=C(Nc1cccc(SC(C(=O)Nc2nc3ccccc3s2)c2ccccc2)c1)C1CCCCC1. The van der Waals surface area contributed by atoms with Gasteiger partial charge in [-0.2, -0.15) is 0 Å². The van der Waals surface area contributed by atoms with Gasteiger partial charge in [0.25, 0.3) is 0 Å². The summed E-state index contributed by atoms with van der Waals surface area (Å²) in [6.45, 7) is 0. The molecule has 1 aliphatic carbocycles. The monoisotopic (exact) mass is 501 g/mol. The number of para-hydroxylation sites is 1. The van der Waals surface area contributed by atoms with Gasteiger partial charge in [-0.3, -0.25) is 9.59 Å². The van der Waals surface area contributed by atoms with Gasteiger partial charge in [-0.1, -0.05) is 79.1 Å². The van der Waals surface area contributed by atoms with E-state index in [-0.39, 0.29) is 17.7 Å². The van der Waals surface area contributed by atoms with Crippen molar-refractivity contribution in [3.05, 3.63) is 84.4 Å². The van der Waals surface area contributed by atoms with Crippen LogP contribution in [-0.4, -0.2) is 16.8 Å². The molecule has 1 heterocycles. The zero-order chi connectivity index (χ0) is 24.0. The van der Waals surface area contributed by atoms with E-state index in [1.807, 2.05) is 78.9 Å². The molecule has 0 aliphatic heterocycles. The third-order valence-electron chi connectivity index (χ3n) is 6.20. The smallest absolute Gasteiger partial charge is 0.244 e. The topological polar surface area (TPSA) is 71.1 Å². The van der Waals surface area contributed by atoms with E-state index in [4.69, 9.17) is 0 Å². The summed E-state index contributed by atoms with van der Waals surface area (Å²) in [6, 6.07) is 25.3. The van der Waals surface area contributed by atoms with Crippen molar-refractivity contribution < 1.29 is 9.59 Å². The number of fused-ring (bicyclic) bond motifs is 1. The number of hydrogen-bond donors (Lipinski definition) is 2. The van der Waals surface area contributed by atoms with Gasteiger partial charge >= 0.3 is 0 Å². The van der Waals surface area contributed by atoms with Gasteiger partial charge in [0.15, 0.2) is 5.13 Å². The second-order valence-corrected chi connectivity index (χ2v) is 10.9. The highest BCUT2D eigenvalue weighted by Crippen LogP contribution is 2.38. The first-order valence-electron chi connectivity index (χ1n) is 11.9. The van der Waals surface area contributed by atoms with Crippen molar-refractivity contribution in [2.24, 2.45) is 5.92 Å². The fourth-order valence-electron chi connectivity index (χ4n) is 4.39. The lowest BCUT2D eigenvalue weighted by atomic mass is 9.88. The van der Waals surface area contributed by atoms with Crippen LogP contribution in [0.25, 0.3) is 10.2 Å². The lowest BCUT2D eigenvalue weighted by molar-refractivity contribution is -0.120. The molecular weight excluding hydrogens is 474 g/mol. The molecule has 2 N–H and O–H groups in total. The lowest BCUT2D eigenvalue weighted by Gasteiger charge is -2.21. The van der Waals surface area contributed by atoms with Gasteiger partial charge in [-0.05, 0) is 48.7 Å². The molecule has 4 aromatic rings. The molecule has 2 amide bonds. The van der Waals surface area contributed by atoms with Crippen LogP contribution in [0.15, 0.2) is 83.8 Å². The first-order chi connectivity index (χ1) is 17.2. The average Bonchev–Trinajstić information content (AvgIpc) is 3.31. The van der Waals surface area contributed by atoms with E-state index in [2.05, 4.69) is 15.6 Å². The first kappa shape index (κ1) is 23.6. The maximum Gasteiger partial charge on any atom is 0.244 e. The number of carbonyl (C=O) groups is 2. The maximum atomic E-state index is 13.4. The van der Waals surface area contributed by atoms with Crippen molar-refractivity contribution in [3.8, 4) is 0 Å². The van der Waals surface area contributed by atoms with Gasteiger partial charge in [0.1, 0.15) is 5.25 Å². The van der Waals surface area contributed by atoms with Gasteiger partial charge in [0, 0.05) is 16.5 Å². The number of nitrogens with zero attached hydrogens (tertiary/aromatic N) is 1. The fraction of sp³-hybridized carbons (Fsp3) is 0.250. The van der Waals surface area contributed by atoms with Crippen LogP contribution in [0.1, 0.15) is 42.9 Å². The fourth-order valence-corrected chi connectivity index (χ4v) is 6.34. The lowest BCUT2D eigenvalue weighted by Crippen LogP contribution is -2.24. The van der Waals surface area contributed by atoms with Crippen LogP contribution in [0.5, 0.6) is 0 Å². The Morgan fingerprint density at radius 1 is 0.886 bits per heavy atom. The number of amides is 2. The Hall–Kier alpha value is -3.16. The summed E-state index contributed by atoms with van der Waals surface area (Å²) < 4.78 is 1.04. The number of anilines is 2. The Labute approximate surface area is 213 Å². The van der Waals surface area contributed by atoms with Crippen molar-refractivity contribution in [2.45, 2.75) is 42.2 Å². The van der Waals surface area contributed by atoms with Crippen LogP contribution in [-0.2, 0) is 9.59 Å². The number of hydrogen-bond acceptors (Lipinski definition) is 5. The van der Waals surface area contributed by atoms with E-state index in [9.17, 15) is 9.59 Å². The van der Waals surface area contributed by atoms with Crippen molar-refractivity contribution in [1.29, 1.82) is 0 Å². The summed E-state index contributed by atoms with van der Waals surface area (Å²) in [5, 5.41) is 6.23. The number of carbonyl (C=O) groups excluding carboxylic acids is 2. The molecule has 7 heteroatoms. The number of thioether (sulfide) groups is 1. The van der Waals surface area contributed by atoms with Gasteiger partial charge in [0.2, 0.25) is 11.8 Å². The maximum absolute atomic E-state index is 13.4. The van der Waals surface area contributed by atoms with Gasteiger partial charge < -0.3 is 10.6 Å². The summed E-state index contributed by atoms with van der Waals surface area (Å²) in [5.41, 5.74) is 2.55. The predicted molar refractivity (Wildman–Crippen MR) is 145 cm³/mol.